The number of aromatic nitrogens is 3. The SMILES string of the molecule is CCc1cccc2c(C(=O)N3CCCC(c4noc(C)n4)C3)c[nH]c12. The van der Waals surface area contributed by atoms with Gasteiger partial charge in [0.05, 0.1) is 5.56 Å². The van der Waals surface area contributed by atoms with Crippen LogP contribution in [0.2, 0.25) is 0 Å². The van der Waals surface area contributed by atoms with Gasteiger partial charge in [0.15, 0.2) is 5.82 Å². The van der Waals surface area contributed by atoms with Crippen LogP contribution in [0.3, 0.4) is 0 Å². The molecule has 0 aliphatic carbocycles. The molecule has 3 aromatic rings. The van der Waals surface area contributed by atoms with E-state index in [1.165, 1.54) is 5.56 Å². The molecule has 0 bridgehead atoms. The summed E-state index contributed by atoms with van der Waals surface area (Å²) >= 11 is 0. The molecule has 0 radical (unpaired) electrons. The minimum Gasteiger partial charge on any atom is -0.360 e. The van der Waals surface area contributed by atoms with E-state index in [-0.39, 0.29) is 11.8 Å². The van der Waals surface area contributed by atoms with Crippen LogP contribution in [0.15, 0.2) is 28.9 Å². The third-order valence-electron chi connectivity index (χ3n) is 5.03. The number of fused-ring (bicyclic) bond motifs is 1. The smallest absolute Gasteiger partial charge is 0.256 e. The first-order chi connectivity index (χ1) is 12.2. The van der Waals surface area contributed by atoms with E-state index >= 15 is 0 Å². The summed E-state index contributed by atoms with van der Waals surface area (Å²) in [7, 11) is 0. The van der Waals surface area contributed by atoms with E-state index in [2.05, 4.69) is 28.1 Å². The highest BCUT2D eigenvalue weighted by atomic mass is 16.5. The summed E-state index contributed by atoms with van der Waals surface area (Å²) in [6, 6.07) is 6.14. The monoisotopic (exact) mass is 338 g/mol. The number of aryl methyl sites for hydroxylation is 2. The van der Waals surface area contributed by atoms with Crippen molar-refractivity contribution in [1.82, 2.24) is 20.0 Å². The fourth-order valence-corrected chi connectivity index (χ4v) is 3.71. The van der Waals surface area contributed by atoms with Gasteiger partial charge in [-0.3, -0.25) is 4.79 Å². The Morgan fingerprint density at radius 1 is 1.44 bits per heavy atom. The maximum absolute atomic E-state index is 13.1. The first-order valence-electron chi connectivity index (χ1n) is 8.85. The average molecular weight is 338 g/mol. The van der Waals surface area contributed by atoms with Crippen molar-refractivity contribution in [1.29, 1.82) is 0 Å². The molecule has 6 heteroatoms. The van der Waals surface area contributed by atoms with Crippen LogP contribution in [-0.2, 0) is 6.42 Å². The predicted molar refractivity (Wildman–Crippen MR) is 94.6 cm³/mol. The molecule has 0 spiro atoms. The zero-order chi connectivity index (χ0) is 17.4. The van der Waals surface area contributed by atoms with Gasteiger partial charge in [0, 0.05) is 43.0 Å². The maximum atomic E-state index is 13.1. The fourth-order valence-electron chi connectivity index (χ4n) is 3.71. The van der Waals surface area contributed by atoms with E-state index in [0.717, 1.165) is 42.3 Å². The predicted octanol–water partition coefficient (Wildman–Crippen LogP) is 3.44. The number of piperidine rings is 1. The molecule has 3 heterocycles. The number of amides is 1. The molecule has 1 N–H and O–H groups in total. The number of carbonyl (C=O) groups is 1. The van der Waals surface area contributed by atoms with E-state index < -0.39 is 0 Å². The van der Waals surface area contributed by atoms with Gasteiger partial charge < -0.3 is 14.4 Å². The molecule has 1 unspecified atom stereocenters. The number of hydrogen-bond acceptors (Lipinski definition) is 4. The van der Waals surface area contributed by atoms with Crippen molar-refractivity contribution in [3.63, 3.8) is 0 Å². The Labute approximate surface area is 146 Å². The molecule has 1 aromatic carbocycles. The molecule has 1 saturated heterocycles. The lowest BCUT2D eigenvalue weighted by Gasteiger charge is -2.31. The second-order valence-electron chi connectivity index (χ2n) is 6.66. The lowest BCUT2D eigenvalue weighted by molar-refractivity contribution is 0.0705. The van der Waals surface area contributed by atoms with Crippen molar-refractivity contribution in [3.05, 3.63) is 47.2 Å². The summed E-state index contributed by atoms with van der Waals surface area (Å²) in [5.41, 5.74) is 3.04. The number of rotatable bonds is 3. The Morgan fingerprint density at radius 2 is 2.32 bits per heavy atom. The van der Waals surface area contributed by atoms with Crippen LogP contribution in [0, 0.1) is 6.92 Å². The molecule has 1 atom stereocenters. The van der Waals surface area contributed by atoms with Gasteiger partial charge in [-0.25, -0.2) is 0 Å². The number of likely N-dealkylation sites (tertiary alicyclic amines) is 1. The number of nitrogens with zero attached hydrogens (tertiary/aromatic N) is 3. The molecular formula is C19H22N4O2. The van der Waals surface area contributed by atoms with Crippen LogP contribution in [0.5, 0.6) is 0 Å². The van der Waals surface area contributed by atoms with Crippen molar-refractivity contribution in [2.75, 3.05) is 13.1 Å². The van der Waals surface area contributed by atoms with Crippen molar-refractivity contribution in [2.45, 2.75) is 39.0 Å². The Hall–Kier alpha value is -2.63. The number of aromatic amines is 1. The standard InChI is InChI=1S/C19H22N4O2/c1-3-13-6-4-8-15-16(10-20-17(13)15)19(24)23-9-5-7-14(11-23)18-21-12(2)25-22-18/h4,6,8,10,14,20H,3,5,7,9,11H2,1-2H3. The van der Waals surface area contributed by atoms with Crippen LogP contribution in [0.4, 0.5) is 0 Å². The number of hydrogen-bond donors (Lipinski definition) is 1. The minimum atomic E-state index is 0.0735. The lowest BCUT2D eigenvalue weighted by Crippen LogP contribution is -2.39. The average Bonchev–Trinajstić information content (AvgIpc) is 3.27. The number of H-pyrrole nitrogens is 1. The zero-order valence-corrected chi connectivity index (χ0v) is 14.6. The number of benzene rings is 1. The third kappa shape index (κ3) is 2.81. The zero-order valence-electron chi connectivity index (χ0n) is 14.6. The summed E-state index contributed by atoms with van der Waals surface area (Å²) in [6.07, 6.45) is 4.71. The molecule has 25 heavy (non-hydrogen) atoms. The highest BCUT2D eigenvalue weighted by Gasteiger charge is 2.29. The largest absolute Gasteiger partial charge is 0.360 e. The Kier molecular flexibility index (Phi) is 4.03. The second kappa shape index (κ2) is 6.35. The van der Waals surface area contributed by atoms with Crippen molar-refractivity contribution in [3.8, 4) is 0 Å². The van der Waals surface area contributed by atoms with Crippen molar-refractivity contribution in [2.24, 2.45) is 0 Å². The van der Waals surface area contributed by atoms with Gasteiger partial charge >= 0.3 is 0 Å². The molecule has 4 rings (SSSR count). The van der Waals surface area contributed by atoms with Crippen molar-refractivity contribution < 1.29 is 9.32 Å². The second-order valence-corrected chi connectivity index (χ2v) is 6.66. The van der Waals surface area contributed by atoms with E-state index in [1.807, 2.05) is 23.2 Å². The number of nitrogens with one attached hydrogen (secondary N) is 1. The molecule has 0 saturated carbocycles. The van der Waals surface area contributed by atoms with Gasteiger partial charge in [0.2, 0.25) is 5.89 Å². The highest BCUT2D eigenvalue weighted by molar-refractivity contribution is 6.07. The van der Waals surface area contributed by atoms with Gasteiger partial charge in [-0.1, -0.05) is 30.3 Å². The first kappa shape index (κ1) is 15.9. The maximum Gasteiger partial charge on any atom is 0.256 e. The summed E-state index contributed by atoms with van der Waals surface area (Å²) < 4.78 is 5.10. The number of carbonyl (C=O) groups excluding carboxylic acids is 1. The molecule has 1 fully saturated rings. The van der Waals surface area contributed by atoms with Gasteiger partial charge in [-0.2, -0.15) is 4.98 Å². The molecule has 1 aliphatic rings. The van der Waals surface area contributed by atoms with Crippen LogP contribution >= 0.6 is 0 Å². The van der Waals surface area contributed by atoms with Crippen molar-refractivity contribution >= 4 is 16.8 Å². The van der Waals surface area contributed by atoms with Gasteiger partial charge in [0.25, 0.3) is 5.91 Å². The minimum absolute atomic E-state index is 0.0735. The molecular weight excluding hydrogens is 316 g/mol. The molecule has 1 amide bonds. The molecule has 2 aromatic heterocycles. The summed E-state index contributed by atoms with van der Waals surface area (Å²) in [6.45, 7) is 5.32. The quantitative estimate of drug-likeness (QED) is 0.794. The summed E-state index contributed by atoms with van der Waals surface area (Å²) in [5, 5.41) is 5.04. The number of para-hydroxylation sites is 1. The van der Waals surface area contributed by atoms with E-state index in [0.29, 0.717) is 18.3 Å². The van der Waals surface area contributed by atoms with E-state index in [4.69, 9.17) is 4.52 Å². The van der Waals surface area contributed by atoms with E-state index in [9.17, 15) is 4.79 Å². The summed E-state index contributed by atoms with van der Waals surface area (Å²) in [4.78, 5) is 22.6. The topological polar surface area (TPSA) is 75.0 Å². The summed E-state index contributed by atoms with van der Waals surface area (Å²) in [5.74, 6) is 1.50. The van der Waals surface area contributed by atoms with Crippen LogP contribution in [-0.4, -0.2) is 39.0 Å². The normalized spacial score (nSPS) is 18.0. The van der Waals surface area contributed by atoms with Crippen LogP contribution in [0.1, 0.15) is 53.3 Å². The third-order valence-corrected chi connectivity index (χ3v) is 5.03. The van der Waals surface area contributed by atoms with Crippen LogP contribution in [0.25, 0.3) is 10.9 Å². The van der Waals surface area contributed by atoms with Gasteiger partial charge in [-0.05, 0) is 24.8 Å². The van der Waals surface area contributed by atoms with Gasteiger partial charge in [0.1, 0.15) is 0 Å². The molecule has 130 valence electrons. The lowest BCUT2D eigenvalue weighted by atomic mass is 9.96. The highest BCUT2D eigenvalue weighted by Crippen LogP contribution is 2.28. The Morgan fingerprint density at radius 3 is 3.08 bits per heavy atom. The van der Waals surface area contributed by atoms with Gasteiger partial charge in [-0.15, -0.1) is 0 Å². The van der Waals surface area contributed by atoms with E-state index in [1.54, 1.807) is 6.92 Å². The first-order valence-corrected chi connectivity index (χ1v) is 8.85. The van der Waals surface area contributed by atoms with Crippen LogP contribution < -0.4 is 0 Å². The molecule has 1 aliphatic heterocycles. The Bertz CT molecular complexity index is 911. The fraction of sp³-hybridized carbons (Fsp3) is 0.421. The molecule has 6 nitrogen and oxygen atoms in total. The Balaban J connectivity index is 1.60.